The lowest BCUT2D eigenvalue weighted by Crippen LogP contribution is -2.32. The lowest BCUT2D eigenvalue weighted by Gasteiger charge is -2.30. The molecule has 25 heavy (non-hydrogen) atoms. The summed E-state index contributed by atoms with van der Waals surface area (Å²) in [4.78, 5) is 28.3. The van der Waals surface area contributed by atoms with Gasteiger partial charge in [0.2, 0.25) is 0 Å². The first kappa shape index (κ1) is 15.5. The Morgan fingerprint density at radius 3 is 2.20 bits per heavy atom. The zero-order chi connectivity index (χ0) is 17.2. The van der Waals surface area contributed by atoms with Gasteiger partial charge < -0.3 is 9.15 Å². The van der Waals surface area contributed by atoms with E-state index in [0.717, 1.165) is 21.2 Å². The molecule has 0 spiro atoms. The lowest BCUT2D eigenvalue weighted by molar-refractivity contribution is -0.121. The van der Waals surface area contributed by atoms with Crippen LogP contribution in [0, 0.1) is 0 Å². The summed E-state index contributed by atoms with van der Waals surface area (Å²) in [6.07, 6.45) is 2.67. The van der Waals surface area contributed by atoms with Crippen molar-refractivity contribution >= 4 is 35.0 Å². The zero-order valence-electron chi connectivity index (χ0n) is 13.0. The Kier molecular flexibility index (Phi) is 4.03. The Morgan fingerprint density at radius 1 is 0.960 bits per heavy atom. The smallest absolute Gasteiger partial charge is 0.341 e. The number of fused-ring (bicyclic) bond motifs is 2. The molecule has 124 valence electrons. The van der Waals surface area contributed by atoms with Gasteiger partial charge in [0.05, 0.1) is 23.2 Å². The number of carbonyl (C=O) groups is 2. The first-order valence-corrected chi connectivity index (χ1v) is 8.44. The molecule has 0 aliphatic carbocycles. The molecule has 1 aliphatic heterocycles. The van der Waals surface area contributed by atoms with E-state index in [0.29, 0.717) is 0 Å². The third-order valence-corrected chi connectivity index (χ3v) is 4.90. The average Bonchev–Trinajstić information content (AvgIpc) is 3.18. The maximum Gasteiger partial charge on any atom is 0.341 e. The summed E-state index contributed by atoms with van der Waals surface area (Å²) < 4.78 is 9.99. The molecule has 5 nitrogen and oxygen atoms in total. The predicted molar refractivity (Wildman–Crippen MR) is 93.1 cm³/mol. The Balaban J connectivity index is 1.61. The molecule has 0 saturated heterocycles. The number of ether oxygens (including phenoxy) is 1. The summed E-state index contributed by atoms with van der Waals surface area (Å²) in [7, 11) is 0. The molecular weight excluding hydrogens is 338 g/mol. The molecule has 0 bridgehead atoms. The summed E-state index contributed by atoms with van der Waals surface area (Å²) >= 11 is 1.61. The van der Waals surface area contributed by atoms with E-state index in [1.807, 2.05) is 48.5 Å². The van der Waals surface area contributed by atoms with Gasteiger partial charge in [-0.3, -0.25) is 9.69 Å². The summed E-state index contributed by atoms with van der Waals surface area (Å²) in [5, 5.41) is 0. The topological polar surface area (TPSA) is 59.8 Å². The third kappa shape index (κ3) is 2.92. The summed E-state index contributed by atoms with van der Waals surface area (Å²) in [6.45, 7) is -0.350. The van der Waals surface area contributed by atoms with E-state index in [1.165, 1.54) is 18.6 Å². The van der Waals surface area contributed by atoms with E-state index in [2.05, 4.69) is 0 Å². The molecule has 0 unspecified atom stereocenters. The molecule has 0 radical (unpaired) electrons. The van der Waals surface area contributed by atoms with Gasteiger partial charge >= 0.3 is 5.97 Å². The van der Waals surface area contributed by atoms with Crippen LogP contribution >= 0.6 is 11.8 Å². The number of hydrogen-bond acceptors (Lipinski definition) is 5. The Hall–Kier alpha value is -2.99. The van der Waals surface area contributed by atoms with Crippen molar-refractivity contribution in [2.75, 3.05) is 11.5 Å². The van der Waals surface area contributed by atoms with Crippen molar-refractivity contribution in [3.05, 3.63) is 72.7 Å². The van der Waals surface area contributed by atoms with Gasteiger partial charge in [0.1, 0.15) is 6.26 Å². The SMILES string of the molecule is O=C(OCC(=O)N1c2ccccc2Sc2ccccc21)c1ccoc1. The highest BCUT2D eigenvalue weighted by molar-refractivity contribution is 7.99. The number of para-hydroxylation sites is 2. The van der Waals surface area contributed by atoms with Crippen molar-refractivity contribution in [2.45, 2.75) is 9.79 Å². The number of benzene rings is 2. The van der Waals surface area contributed by atoms with Crippen LogP contribution in [-0.4, -0.2) is 18.5 Å². The monoisotopic (exact) mass is 351 g/mol. The minimum absolute atomic E-state index is 0.280. The Labute approximate surface area is 148 Å². The van der Waals surface area contributed by atoms with Crippen molar-refractivity contribution in [1.29, 1.82) is 0 Å². The van der Waals surface area contributed by atoms with Gasteiger partial charge in [0, 0.05) is 9.79 Å². The highest BCUT2D eigenvalue weighted by Crippen LogP contribution is 2.47. The van der Waals surface area contributed by atoms with Crippen LogP contribution in [-0.2, 0) is 9.53 Å². The van der Waals surface area contributed by atoms with E-state index in [-0.39, 0.29) is 18.1 Å². The predicted octanol–water partition coefficient (Wildman–Crippen LogP) is 4.27. The van der Waals surface area contributed by atoms with Crippen LogP contribution < -0.4 is 4.90 Å². The van der Waals surface area contributed by atoms with Crippen molar-refractivity contribution in [1.82, 2.24) is 0 Å². The number of anilines is 2. The molecule has 1 aliphatic rings. The highest BCUT2D eigenvalue weighted by atomic mass is 32.2. The minimum Gasteiger partial charge on any atom is -0.472 e. The van der Waals surface area contributed by atoms with Crippen LogP contribution in [0.2, 0.25) is 0 Å². The van der Waals surface area contributed by atoms with E-state index in [9.17, 15) is 9.59 Å². The molecule has 4 rings (SSSR count). The molecule has 2 aromatic carbocycles. The molecular formula is C19H13NO4S. The van der Waals surface area contributed by atoms with Crippen molar-refractivity contribution in [3.63, 3.8) is 0 Å². The third-order valence-electron chi connectivity index (χ3n) is 3.77. The molecule has 0 atom stereocenters. The van der Waals surface area contributed by atoms with Crippen LogP contribution in [0.3, 0.4) is 0 Å². The van der Waals surface area contributed by atoms with E-state index in [1.54, 1.807) is 16.7 Å². The lowest BCUT2D eigenvalue weighted by atomic mass is 10.2. The van der Waals surface area contributed by atoms with Gasteiger partial charge in [-0.1, -0.05) is 36.0 Å². The molecule has 1 amide bonds. The van der Waals surface area contributed by atoms with Crippen LogP contribution in [0.5, 0.6) is 0 Å². The quantitative estimate of drug-likeness (QED) is 0.660. The number of esters is 1. The normalized spacial score (nSPS) is 12.2. The van der Waals surface area contributed by atoms with E-state index in [4.69, 9.17) is 9.15 Å². The fourth-order valence-corrected chi connectivity index (χ4v) is 3.69. The molecule has 0 N–H and O–H groups in total. The average molecular weight is 351 g/mol. The largest absolute Gasteiger partial charge is 0.472 e. The molecule has 6 heteroatoms. The first-order valence-electron chi connectivity index (χ1n) is 7.62. The summed E-state index contributed by atoms with van der Waals surface area (Å²) in [6, 6.07) is 16.8. The van der Waals surface area contributed by atoms with Gasteiger partial charge in [0.15, 0.2) is 6.61 Å². The second-order valence-electron chi connectivity index (χ2n) is 5.35. The van der Waals surface area contributed by atoms with Gasteiger partial charge in [-0.25, -0.2) is 4.79 Å². The fourth-order valence-electron chi connectivity index (χ4n) is 2.63. The molecule has 3 aromatic rings. The van der Waals surface area contributed by atoms with Crippen LogP contribution in [0.1, 0.15) is 10.4 Å². The number of amides is 1. The van der Waals surface area contributed by atoms with Crippen LogP contribution in [0.4, 0.5) is 11.4 Å². The second-order valence-corrected chi connectivity index (χ2v) is 6.44. The van der Waals surface area contributed by atoms with Crippen LogP contribution in [0.25, 0.3) is 0 Å². The number of carbonyl (C=O) groups excluding carboxylic acids is 2. The standard InChI is InChI=1S/C19H13NO4S/c21-18(12-24-19(22)13-9-10-23-11-13)20-14-5-1-3-7-16(14)25-17-8-4-2-6-15(17)20/h1-11H,12H2. The van der Waals surface area contributed by atoms with Crippen LogP contribution in [0.15, 0.2) is 81.3 Å². The van der Waals surface area contributed by atoms with Gasteiger partial charge in [-0.05, 0) is 30.3 Å². The maximum atomic E-state index is 12.8. The van der Waals surface area contributed by atoms with Gasteiger partial charge in [-0.2, -0.15) is 0 Å². The second kappa shape index (κ2) is 6.49. The van der Waals surface area contributed by atoms with Crippen molar-refractivity contribution < 1.29 is 18.7 Å². The first-order chi connectivity index (χ1) is 12.2. The number of rotatable bonds is 3. The van der Waals surface area contributed by atoms with Crippen molar-refractivity contribution in [3.8, 4) is 0 Å². The Bertz CT molecular complexity index is 891. The molecule has 0 saturated carbocycles. The summed E-state index contributed by atoms with van der Waals surface area (Å²) in [5.74, 6) is -0.896. The van der Waals surface area contributed by atoms with E-state index < -0.39 is 5.97 Å². The number of furan rings is 1. The minimum atomic E-state index is -0.588. The zero-order valence-corrected chi connectivity index (χ0v) is 13.9. The number of nitrogens with zero attached hydrogens (tertiary/aromatic N) is 1. The Morgan fingerprint density at radius 2 is 1.60 bits per heavy atom. The molecule has 0 fully saturated rings. The van der Waals surface area contributed by atoms with Gasteiger partial charge in [0.25, 0.3) is 5.91 Å². The molecule has 1 aromatic heterocycles. The highest BCUT2D eigenvalue weighted by Gasteiger charge is 2.28. The maximum absolute atomic E-state index is 12.8. The van der Waals surface area contributed by atoms with Gasteiger partial charge in [-0.15, -0.1) is 0 Å². The van der Waals surface area contributed by atoms with E-state index >= 15 is 0 Å². The summed E-state index contributed by atoms with van der Waals surface area (Å²) in [5.41, 5.74) is 1.86. The molecule has 2 heterocycles. The number of hydrogen-bond donors (Lipinski definition) is 0. The van der Waals surface area contributed by atoms with Crippen molar-refractivity contribution in [2.24, 2.45) is 0 Å². The fraction of sp³-hybridized carbons (Fsp3) is 0.0526.